The summed E-state index contributed by atoms with van der Waals surface area (Å²) in [6, 6.07) is 3.92. The van der Waals surface area contributed by atoms with Crippen molar-refractivity contribution < 1.29 is 9.15 Å². The molecule has 0 amide bonds. The van der Waals surface area contributed by atoms with E-state index in [1.807, 2.05) is 12.1 Å². The molecule has 0 radical (unpaired) electrons. The van der Waals surface area contributed by atoms with Gasteiger partial charge in [0.15, 0.2) is 10.9 Å². The molecule has 2 N–H and O–H groups in total. The smallest absolute Gasteiger partial charge is 0.186 e. The van der Waals surface area contributed by atoms with Crippen molar-refractivity contribution in [3.8, 4) is 0 Å². The Kier molecular flexibility index (Phi) is 7.87. The third-order valence-electron chi connectivity index (χ3n) is 3.74. The molecule has 1 aromatic heterocycles. The quantitative estimate of drug-likeness (QED) is 0.434. The van der Waals surface area contributed by atoms with Crippen LogP contribution in [0.2, 0.25) is 0 Å². The van der Waals surface area contributed by atoms with Crippen LogP contribution in [-0.4, -0.2) is 68.9 Å². The molecule has 8 heteroatoms. The van der Waals surface area contributed by atoms with Gasteiger partial charge in [-0.2, -0.15) is 5.10 Å². The number of rotatable bonds is 7. The number of nitrogens with one attached hydrogen (secondary N) is 2. The van der Waals surface area contributed by atoms with Crippen molar-refractivity contribution in [1.29, 1.82) is 0 Å². The van der Waals surface area contributed by atoms with Gasteiger partial charge in [0.25, 0.3) is 0 Å². The summed E-state index contributed by atoms with van der Waals surface area (Å²) < 4.78 is 11.2. The number of morpholine rings is 1. The first-order chi connectivity index (χ1) is 11.7. The summed E-state index contributed by atoms with van der Waals surface area (Å²) in [6.45, 7) is 4.79. The van der Waals surface area contributed by atoms with Gasteiger partial charge in [-0.3, -0.25) is 15.3 Å². The molecule has 0 spiro atoms. The lowest BCUT2D eigenvalue weighted by molar-refractivity contribution is 0.0373. The van der Waals surface area contributed by atoms with Gasteiger partial charge in [-0.05, 0) is 37.3 Å². The highest BCUT2D eigenvalue weighted by Crippen LogP contribution is 2.11. The number of aliphatic imine (C=N–C) groups is 1. The molecule has 0 bridgehead atoms. The van der Waals surface area contributed by atoms with Gasteiger partial charge in [0.1, 0.15) is 11.5 Å². The number of nitrogens with zero attached hydrogens (tertiary/aromatic N) is 3. The molecule has 7 nitrogen and oxygen atoms in total. The lowest BCUT2D eigenvalue weighted by atomic mass is 10.2. The van der Waals surface area contributed by atoms with E-state index < -0.39 is 0 Å². The molecule has 0 aromatic carbocycles. The minimum Gasteiger partial charge on any atom is -0.459 e. The summed E-state index contributed by atoms with van der Waals surface area (Å²) in [7, 11) is 3.44. The molecule has 0 atom stereocenters. The Labute approximate surface area is 148 Å². The standard InChI is InChI=1S/C16H25N5O2S/c1-17-14(12-19-20-16(24)18-2)15-6-5-13(23-15)4-3-7-21-8-10-22-11-9-21/h5-6,12H,3-4,7-11H2,1-2H3,(H2,18,20,24)/b17-14?,19-12+. The summed E-state index contributed by atoms with van der Waals surface area (Å²) in [5.74, 6) is 1.67. The van der Waals surface area contributed by atoms with Gasteiger partial charge in [0.2, 0.25) is 0 Å². The molecule has 1 aliphatic rings. The summed E-state index contributed by atoms with van der Waals surface area (Å²) in [6.07, 6.45) is 3.57. The van der Waals surface area contributed by atoms with Gasteiger partial charge in [-0.1, -0.05) is 0 Å². The monoisotopic (exact) mass is 351 g/mol. The van der Waals surface area contributed by atoms with E-state index in [0.717, 1.165) is 51.4 Å². The molecule has 2 rings (SSSR count). The van der Waals surface area contributed by atoms with Crippen molar-refractivity contribution >= 4 is 29.3 Å². The van der Waals surface area contributed by atoms with Crippen LogP contribution in [0.3, 0.4) is 0 Å². The zero-order valence-corrected chi connectivity index (χ0v) is 15.1. The highest BCUT2D eigenvalue weighted by atomic mass is 32.1. The molecular formula is C16H25N5O2S. The molecule has 1 fully saturated rings. The fourth-order valence-electron chi connectivity index (χ4n) is 2.39. The van der Waals surface area contributed by atoms with Crippen LogP contribution in [0.5, 0.6) is 0 Å². The first-order valence-electron chi connectivity index (χ1n) is 8.09. The highest BCUT2D eigenvalue weighted by molar-refractivity contribution is 7.80. The molecule has 2 heterocycles. The van der Waals surface area contributed by atoms with Crippen molar-refractivity contribution in [3.63, 3.8) is 0 Å². The Morgan fingerprint density at radius 1 is 1.38 bits per heavy atom. The van der Waals surface area contributed by atoms with Gasteiger partial charge < -0.3 is 14.5 Å². The Bertz CT molecular complexity index is 579. The molecule has 1 saturated heterocycles. The maximum absolute atomic E-state index is 5.87. The topological polar surface area (TPSA) is 74.4 Å². The largest absolute Gasteiger partial charge is 0.459 e. The van der Waals surface area contributed by atoms with Gasteiger partial charge in [-0.15, -0.1) is 0 Å². The molecular weight excluding hydrogens is 326 g/mol. The number of aryl methyl sites for hydroxylation is 1. The van der Waals surface area contributed by atoms with Crippen molar-refractivity contribution in [3.05, 3.63) is 23.7 Å². The average Bonchev–Trinajstić information content (AvgIpc) is 3.08. The van der Waals surface area contributed by atoms with Crippen LogP contribution in [0, 0.1) is 0 Å². The minimum absolute atomic E-state index is 0.449. The lowest BCUT2D eigenvalue weighted by Crippen LogP contribution is -2.36. The van der Waals surface area contributed by atoms with Crippen LogP contribution < -0.4 is 10.7 Å². The van der Waals surface area contributed by atoms with Crippen LogP contribution in [0.25, 0.3) is 0 Å². The van der Waals surface area contributed by atoms with E-state index in [2.05, 4.69) is 25.7 Å². The zero-order chi connectivity index (χ0) is 17.2. The third kappa shape index (κ3) is 6.03. The maximum Gasteiger partial charge on any atom is 0.186 e. The molecule has 132 valence electrons. The summed E-state index contributed by atoms with van der Waals surface area (Å²) >= 11 is 4.95. The van der Waals surface area contributed by atoms with Crippen molar-refractivity contribution in [2.45, 2.75) is 12.8 Å². The van der Waals surface area contributed by atoms with Crippen molar-refractivity contribution in [2.24, 2.45) is 10.1 Å². The van der Waals surface area contributed by atoms with E-state index in [9.17, 15) is 0 Å². The van der Waals surface area contributed by atoms with Crippen molar-refractivity contribution in [1.82, 2.24) is 15.6 Å². The van der Waals surface area contributed by atoms with Gasteiger partial charge in [0, 0.05) is 33.6 Å². The fraction of sp³-hybridized carbons (Fsp3) is 0.562. The van der Waals surface area contributed by atoms with E-state index >= 15 is 0 Å². The van der Waals surface area contributed by atoms with Crippen LogP contribution in [0.15, 0.2) is 26.6 Å². The van der Waals surface area contributed by atoms with Crippen LogP contribution in [0.4, 0.5) is 0 Å². The normalized spacial score (nSPS) is 16.5. The van der Waals surface area contributed by atoms with Gasteiger partial charge in [0.05, 0.1) is 19.4 Å². The Morgan fingerprint density at radius 3 is 2.88 bits per heavy atom. The second-order valence-corrected chi connectivity index (χ2v) is 5.79. The Hall–Kier alpha value is -1.77. The number of ether oxygens (including phenoxy) is 1. The Balaban J connectivity index is 1.80. The molecule has 1 aliphatic heterocycles. The summed E-state index contributed by atoms with van der Waals surface area (Å²) in [5.41, 5.74) is 3.36. The average molecular weight is 351 g/mol. The van der Waals surface area contributed by atoms with Gasteiger partial charge in [-0.25, -0.2) is 0 Å². The molecule has 0 unspecified atom stereocenters. The van der Waals surface area contributed by atoms with Crippen LogP contribution in [0.1, 0.15) is 17.9 Å². The SMILES string of the molecule is CN=C(/C=N/NC(=S)NC)c1ccc(CCCN2CCOCC2)o1. The van der Waals surface area contributed by atoms with Crippen molar-refractivity contribution in [2.75, 3.05) is 46.9 Å². The molecule has 0 saturated carbocycles. The fourth-order valence-corrected chi connectivity index (χ4v) is 2.44. The number of hydrogen-bond donors (Lipinski definition) is 2. The minimum atomic E-state index is 0.449. The van der Waals surface area contributed by atoms with Crippen LogP contribution >= 0.6 is 12.2 Å². The van der Waals surface area contributed by atoms with Gasteiger partial charge >= 0.3 is 0 Å². The first-order valence-corrected chi connectivity index (χ1v) is 8.50. The summed E-state index contributed by atoms with van der Waals surface area (Å²) in [5, 5.41) is 7.27. The molecule has 1 aromatic rings. The van der Waals surface area contributed by atoms with E-state index in [0.29, 0.717) is 16.6 Å². The lowest BCUT2D eigenvalue weighted by Gasteiger charge is -2.26. The number of furan rings is 1. The van der Waals surface area contributed by atoms with E-state index in [4.69, 9.17) is 21.4 Å². The van der Waals surface area contributed by atoms with E-state index in [1.54, 1.807) is 20.3 Å². The number of hydrazone groups is 1. The Morgan fingerprint density at radius 2 is 2.17 bits per heavy atom. The van der Waals surface area contributed by atoms with Crippen LogP contribution in [-0.2, 0) is 11.2 Å². The molecule has 24 heavy (non-hydrogen) atoms. The number of thiocarbonyl (C=S) groups is 1. The zero-order valence-electron chi connectivity index (χ0n) is 14.2. The second-order valence-electron chi connectivity index (χ2n) is 5.38. The first kappa shape index (κ1) is 18.6. The third-order valence-corrected chi connectivity index (χ3v) is 4.03. The summed E-state index contributed by atoms with van der Waals surface area (Å²) in [4.78, 5) is 6.62. The maximum atomic E-state index is 5.87. The number of hydrogen-bond acceptors (Lipinski definition) is 6. The molecule has 0 aliphatic carbocycles. The highest BCUT2D eigenvalue weighted by Gasteiger charge is 2.11. The van der Waals surface area contributed by atoms with E-state index in [1.165, 1.54) is 0 Å². The predicted octanol–water partition coefficient (Wildman–Crippen LogP) is 1.04. The predicted molar refractivity (Wildman–Crippen MR) is 100 cm³/mol. The van der Waals surface area contributed by atoms with E-state index in [-0.39, 0.29) is 0 Å². The second kappa shape index (κ2) is 10.2.